The molecule has 6 heteroatoms. The van der Waals surface area contributed by atoms with Gasteiger partial charge in [-0.05, 0) is 44.7 Å². The average Bonchev–Trinajstić information content (AvgIpc) is 2.34. The van der Waals surface area contributed by atoms with Crippen LogP contribution < -0.4 is 10.2 Å². The maximum absolute atomic E-state index is 12.6. The molecule has 1 aromatic rings. The number of nitrogens with zero attached hydrogens (tertiary/aromatic N) is 1. The molecule has 0 amide bonds. The van der Waals surface area contributed by atoms with Crippen LogP contribution >= 0.6 is 15.9 Å². The van der Waals surface area contributed by atoms with Gasteiger partial charge in [0.1, 0.15) is 6.54 Å². The Morgan fingerprint density at radius 3 is 2.47 bits per heavy atom. The highest BCUT2D eigenvalue weighted by Crippen LogP contribution is 2.31. The van der Waals surface area contributed by atoms with Crippen molar-refractivity contribution in [3.63, 3.8) is 0 Å². The average molecular weight is 339 g/mol. The monoisotopic (exact) mass is 338 g/mol. The summed E-state index contributed by atoms with van der Waals surface area (Å²) in [5.74, 6) is 0. The van der Waals surface area contributed by atoms with Crippen LogP contribution in [0.4, 0.5) is 18.9 Å². The zero-order valence-electron chi connectivity index (χ0n) is 11.2. The molecule has 19 heavy (non-hydrogen) atoms. The van der Waals surface area contributed by atoms with E-state index in [0.29, 0.717) is 12.2 Å². The van der Waals surface area contributed by atoms with Crippen LogP contribution in [0.3, 0.4) is 0 Å². The van der Waals surface area contributed by atoms with E-state index >= 15 is 0 Å². The van der Waals surface area contributed by atoms with Gasteiger partial charge in [0.15, 0.2) is 0 Å². The van der Waals surface area contributed by atoms with Crippen molar-refractivity contribution in [3.8, 4) is 0 Å². The maximum Gasteiger partial charge on any atom is 0.405 e. The number of anilines is 1. The fourth-order valence-electron chi connectivity index (χ4n) is 1.90. The van der Waals surface area contributed by atoms with Crippen molar-refractivity contribution in [2.45, 2.75) is 26.1 Å². The molecule has 0 aliphatic carbocycles. The summed E-state index contributed by atoms with van der Waals surface area (Å²) in [6, 6.07) is 5.33. The summed E-state index contributed by atoms with van der Waals surface area (Å²) in [7, 11) is 1.79. The van der Waals surface area contributed by atoms with Crippen molar-refractivity contribution in [2.75, 3.05) is 25.0 Å². The molecule has 0 aromatic heterocycles. The molecule has 0 aliphatic rings. The van der Waals surface area contributed by atoms with Crippen LogP contribution in [0.2, 0.25) is 0 Å². The van der Waals surface area contributed by atoms with E-state index in [-0.39, 0.29) is 6.04 Å². The van der Waals surface area contributed by atoms with Crippen LogP contribution in [0.15, 0.2) is 22.7 Å². The van der Waals surface area contributed by atoms with Gasteiger partial charge in [0.25, 0.3) is 0 Å². The van der Waals surface area contributed by atoms with Gasteiger partial charge in [-0.15, -0.1) is 0 Å². The highest BCUT2D eigenvalue weighted by Gasteiger charge is 2.31. The van der Waals surface area contributed by atoms with Crippen molar-refractivity contribution in [1.82, 2.24) is 5.32 Å². The van der Waals surface area contributed by atoms with Crippen molar-refractivity contribution in [2.24, 2.45) is 0 Å². The van der Waals surface area contributed by atoms with Crippen LogP contribution in [-0.4, -0.2) is 26.3 Å². The molecule has 0 bridgehead atoms. The standard InChI is InChI=1S/C13H18BrF3N2/c1-4-19(8-13(15,16)17)12-6-5-10(14)7-11(12)9(2)18-3/h5-7,9,18H,4,8H2,1-3H3. The molecule has 1 atom stereocenters. The zero-order valence-corrected chi connectivity index (χ0v) is 12.8. The topological polar surface area (TPSA) is 15.3 Å². The first kappa shape index (κ1) is 16.3. The number of alkyl halides is 3. The van der Waals surface area contributed by atoms with E-state index in [0.717, 1.165) is 10.0 Å². The number of benzene rings is 1. The first-order valence-corrected chi connectivity index (χ1v) is 6.86. The first-order chi connectivity index (χ1) is 8.78. The molecular formula is C13H18BrF3N2. The normalized spacial score (nSPS) is 13.4. The summed E-state index contributed by atoms with van der Waals surface area (Å²) in [6.45, 7) is 3.02. The second-order valence-electron chi connectivity index (χ2n) is 4.34. The zero-order chi connectivity index (χ0) is 14.6. The molecule has 0 aliphatic heterocycles. The summed E-state index contributed by atoms with van der Waals surface area (Å²) in [5.41, 5.74) is 1.47. The minimum absolute atomic E-state index is 0.0187. The van der Waals surface area contributed by atoms with Crippen molar-refractivity contribution >= 4 is 21.6 Å². The summed E-state index contributed by atoms with van der Waals surface area (Å²) in [4.78, 5) is 1.34. The van der Waals surface area contributed by atoms with E-state index < -0.39 is 12.7 Å². The number of nitrogens with one attached hydrogen (secondary N) is 1. The van der Waals surface area contributed by atoms with E-state index in [4.69, 9.17) is 0 Å². The van der Waals surface area contributed by atoms with E-state index in [2.05, 4.69) is 21.2 Å². The minimum Gasteiger partial charge on any atom is -0.363 e. The second-order valence-corrected chi connectivity index (χ2v) is 5.26. The highest BCUT2D eigenvalue weighted by molar-refractivity contribution is 9.10. The number of hydrogen-bond donors (Lipinski definition) is 1. The molecule has 0 saturated carbocycles. The lowest BCUT2D eigenvalue weighted by molar-refractivity contribution is -0.119. The molecule has 1 N–H and O–H groups in total. The molecule has 0 fully saturated rings. The predicted molar refractivity (Wildman–Crippen MR) is 75.6 cm³/mol. The lowest BCUT2D eigenvalue weighted by Gasteiger charge is -2.28. The van der Waals surface area contributed by atoms with Gasteiger partial charge in [0, 0.05) is 22.7 Å². The van der Waals surface area contributed by atoms with Gasteiger partial charge in [-0.25, -0.2) is 0 Å². The van der Waals surface area contributed by atoms with Gasteiger partial charge < -0.3 is 10.2 Å². The molecule has 2 nitrogen and oxygen atoms in total. The van der Waals surface area contributed by atoms with Crippen LogP contribution in [-0.2, 0) is 0 Å². The Kier molecular flexibility index (Phi) is 5.67. The highest BCUT2D eigenvalue weighted by atomic mass is 79.9. The Labute approximate surface area is 120 Å². The van der Waals surface area contributed by atoms with E-state index in [1.165, 1.54) is 4.90 Å². The van der Waals surface area contributed by atoms with Gasteiger partial charge in [0.2, 0.25) is 0 Å². The summed E-state index contributed by atoms with van der Waals surface area (Å²) in [5, 5.41) is 3.06. The van der Waals surface area contributed by atoms with Gasteiger partial charge in [-0.2, -0.15) is 13.2 Å². The lowest BCUT2D eigenvalue weighted by atomic mass is 10.1. The van der Waals surface area contributed by atoms with Crippen LogP contribution in [0.1, 0.15) is 25.5 Å². The minimum atomic E-state index is -4.21. The first-order valence-electron chi connectivity index (χ1n) is 6.07. The third-order valence-electron chi connectivity index (χ3n) is 2.98. The van der Waals surface area contributed by atoms with Crippen LogP contribution in [0, 0.1) is 0 Å². The van der Waals surface area contributed by atoms with E-state index in [9.17, 15) is 13.2 Å². The molecule has 1 aromatic carbocycles. The summed E-state index contributed by atoms with van der Waals surface area (Å²) in [6.07, 6.45) is -4.21. The Morgan fingerprint density at radius 1 is 1.37 bits per heavy atom. The molecule has 1 unspecified atom stereocenters. The third kappa shape index (κ3) is 4.69. The van der Waals surface area contributed by atoms with Crippen LogP contribution in [0.5, 0.6) is 0 Å². The fourth-order valence-corrected chi connectivity index (χ4v) is 2.28. The molecule has 0 saturated heterocycles. The van der Waals surface area contributed by atoms with Crippen molar-refractivity contribution in [1.29, 1.82) is 0 Å². The van der Waals surface area contributed by atoms with E-state index in [1.807, 2.05) is 13.0 Å². The molecule has 1 rings (SSSR count). The third-order valence-corrected chi connectivity index (χ3v) is 3.47. The molecule has 0 radical (unpaired) electrons. The quantitative estimate of drug-likeness (QED) is 0.868. The lowest BCUT2D eigenvalue weighted by Crippen LogP contribution is -2.35. The Morgan fingerprint density at radius 2 is 2.00 bits per heavy atom. The summed E-state index contributed by atoms with van der Waals surface area (Å²) < 4.78 is 38.7. The Hall–Kier alpha value is -0.750. The SMILES string of the molecule is CCN(CC(F)(F)F)c1ccc(Br)cc1C(C)NC. The Bertz CT molecular complexity index is 421. The number of rotatable bonds is 5. The molecule has 0 spiro atoms. The fraction of sp³-hybridized carbons (Fsp3) is 0.538. The van der Waals surface area contributed by atoms with Gasteiger partial charge in [-0.3, -0.25) is 0 Å². The van der Waals surface area contributed by atoms with Crippen LogP contribution in [0.25, 0.3) is 0 Å². The van der Waals surface area contributed by atoms with Gasteiger partial charge in [-0.1, -0.05) is 15.9 Å². The van der Waals surface area contributed by atoms with Crippen molar-refractivity contribution < 1.29 is 13.2 Å². The maximum atomic E-state index is 12.6. The number of hydrogen-bond acceptors (Lipinski definition) is 2. The van der Waals surface area contributed by atoms with Gasteiger partial charge >= 0.3 is 6.18 Å². The predicted octanol–water partition coefficient (Wildman–Crippen LogP) is 4.12. The molecule has 108 valence electrons. The smallest absolute Gasteiger partial charge is 0.363 e. The van der Waals surface area contributed by atoms with Gasteiger partial charge in [0.05, 0.1) is 0 Å². The summed E-state index contributed by atoms with van der Waals surface area (Å²) >= 11 is 3.36. The molecular weight excluding hydrogens is 321 g/mol. The van der Waals surface area contributed by atoms with E-state index in [1.54, 1.807) is 26.1 Å². The second kappa shape index (κ2) is 6.61. The number of halogens is 4. The molecule has 0 heterocycles. The largest absolute Gasteiger partial charge is 0.405 e. The van der Waals surface area contributed by atoms with Crippen molar-refractivity contribution in [3.05, 3.63) is 28.2 Å². The Balaban J connectivity index is 3.15.